The molecule has 0 aromatic heterocycles. The Kier molecular flexibility index (Phi) is 6.15. The van der Waals surface area contributed by atoms with Gasteiger partial charge < -0.3 is 26.0 Å². The van der Waals surface area contributed by atoms with E-state index in [1.54, 1.807) is 41.5 Å². The van der Waals surface area contributed by atoms with Gasteiger partial charge in [-0.05, 0) is 41.5 Å². The fourth-order valence-corrected chi connectivity index (χ4v) is 1.52. The second-order valence-corrected chi connectivity index (χ2v) is 6.97. The lowest BCUT2D eigenvalue weighted by Gasteiger charge is -2.31. The molecule has 132 valence electrons. The number of nitrogens with two attached hydrogens (primary N) is 2. The van der Waals surface area contributed by atoms with E-state index in [4.69, 9.17) is 26.0 Å². The summed E-state index contributed by atoms with van der Waals surface area (Å²) in [6.07, 6.45) is -1.01. The van der Waals surface area contributed by atoms with Crippen LogP contribution in [0.5, 0.6) is 0 Å². The highest BCUT2D eigenvalue weighted by Gasteiger charge is 2.53. The van der Waals surface area contributed by atoms with Gasteiger partial charge in [0.15, 0.2) is 5.96 Å². The van der Waals surface area contributed by atoms with E-state index < -0.39 is 47.0 Å². The smallest absolute Gasteiger partial charge is 0.347 e. The third kappa shape index (κ3) is 6.98. The molecule has 0 saturated heterocycles. The maximum Gasteiger partial charge on any atom is 0.347 e. The summed E-state index contributed by atoms with van der Waals surface area (Å²) < 4.78 is 10.2. The first-order valence-corrected chi connectivity index (χ1v) is 6.88. The van der Waals surface area contributed by atoms with Crippen molar-refractivity contribution in [3.05, 3.63) is 0 Å². The molecule has 0 heterocycles. The molecule has 0 saturated carbocycles. The molecule has 0 rings (SSSR count). The van der Waals surface area contributed by atoms with E-state index in [0.29, 0.717) is 0 Å². The Morgan fingerprint density at radius 3 is 1.48 bits per heavy atom. The largest absolute Gasteiger partial charge is 0.481 e. The summed E-state index contributed by atoms with van der Waals surface area (Å²) in [4.78, 5) is 39.7. The number of hydrogen-bond acceptors (Lipinski definition) is 6. The minimum atomic E-state index is -2.51. The number of carboxylic acid groups (broad SMARTS) is 1. The molecule has 0 aliphatic heterocycles. The lowest BCUT2D eigenvalue weighted by Crippen LogP contribution is -2.54. The van der Waals surface area contributed by atoms with E-state index in [9.17, 15) is 14.4 Å². The van der Waals surface area contributed by atoms with Crippen LogP contribution in [-0.4, -0.2) is 45.7 Å². The number of aliphatic carboxylic acids is 1. The van der Waals surface area contributed by atoms with Crippen molar-refractivity contribution in [3.63, 3.8) is 0 Å². The highest BCUT2D eigenvalue weighted by molar-refractivity contribution is 6.09. The molecule has 0 radical (unpaired) electrons. The van der Waals surface area contributed by atoms with Crippen LogP contribution in [0.1, 0.15) is 48.0 Å². The summed E-state index contributed by atoms with van der Waals surface area (Å²) in [5.41, 5.74) is 6.08. The monoisotopic (exact) mass is 331 g/mol. The number of esters is 2. The zero-order chi connectivity index (χ0) is 18.6. The van der Waals surface area contributed by atoms with Gasteiger partial charge in [-0.25, -0.2) is 14.6 Å². The van der Waals surface area contributed by atoms with Crippen molar-refractivity contribution in [2.45, 2.75) is 64.7 Å². The van der Waals surface area contributed by atoms with Gasteiger partial charge in [-0.2, -0.15) is 0 Å². The van der Waals surface area contributed by atoms with Gasteiger partial charge in [0.2, 0.25) is 0 Å². The molecular formula is C14H25N3O6. The minimum absolute atomic E-state index is 0.636. The molecule has 0 atom stereocenters. The molecule has 0 aliphatic rings. The molecule has 0 aromatic rings. The van der Waals surface area contributed by atoms with Crippen LogP contribution in [0.4, 0.5) is 0 Å². The van der Waals surface area contributed by atoms with Gasteiger partial charge in [0.1, 0.15) is 11.2 Å². The highest BCUT2D eigenvalue weighted by Crippen LogP contribution is 2.26. The van der Waals surface area contributed by atoms with E-state index in [0.717, 1.165) is 0 Å². The number of carbonyl (C=O) groups excluding carboxylic acids is 2. The molecule has 0 spiro atoms. The van der Waals surface area contributed by atoms with Crippen LogP contribution in [0.25, 0.3) is 0 Å². The molecule has 5 N–H and O–H groups in total. The Labute approximate surface area is 135 Å². The van der Waals surface area contributed by atoms with Crippen molar-refractivity contribution >= 4 is 23.9 Å². The maximum atomic E-state index is 12.5. The van der Waals surface area contributed by atoms with Crippen molar-refractivity contribution in [1.29, 1.82) is 0 Å². The number of carboxylic acids is 1. The third-order valence-electron chi connectivity index (χ3n) is 2.20. The summed E-state index contributed by atoms with van der Waals surface area (Å²) in [6.45, 7) is 9.34. The average Bonchev–Trinajstić information content (AvgIpc) is 2.21. The molecule has 23 heavy (non-hydrogen) atoms. The first kappa shape index (κ1) is 20.7. The first-order valence-electron chi connectivity index (χ1n) is 6.88. The minimum Gasteiger partial charge on any atom is -0.481 e. The van der Waals surface area contributed by atoms with Crippen LogP contribution in [0, 0.1) is 0 Å². The second kappa shape index (κ2) is 6.84. The topological polar surface area (TPSA) is 154 Å². The van der Waals surface area contributed by atoms with Crippen LogP contribution >= 0.6 is 0 Å². The SMILES string of the molecule is CC(C)(C)OC(=O)C(CC(=O)O)(N=C(N)N)C(=O)OC(C)(C)C. The Bertz CT molecular complexity index is 482. The zero-order valence-corrected chi connectivity index (χ0v) is 14.3. The maximum absolute atomic E-state index is 12.5. The van der Waals surface area contributed by atoms with Gasteiger partial charge in [-0.3, -0.25) is 4.79 Å². The number of nitrogens with zero attached hydrogens (tertiary/aromatic N) is 1. The first-order chi connectivity index (χ1) is 10.1. The number of rotatable bonds is 5. The van der Waals surface area contributed by atoms with Crippen LogP contribution in [0.3, 0.4) is 0 Å². The molecule has 9 heteroatoms. The molecule has 0 bridgehead atoms. The van der Waals surface area contributed by atoms with Crippen LogP contribution in [0.2, 0.25) is 0 Å². The van der Waals surface area contributed by atoms with E-state index in [1.807, 2.05) is 0 Å². The quantitative estimate of drug-likeness (QED) is 0.278. The van der Waals surface area contributed by atoms with E-state index in [-0.39, 0.29) is 0 Å². The summed E-state index contributed by atoms with van der Waals surface area (Å²) >= 11 is 0. The summed E-state index contributed by atoms with van der Waals surface area (Å²) in [5, 5.41) is 9.09. The molecule has 0 unspecified atom stereocenters. The van der Waals surface area contributed by atoms with Crippen molar-refractivity contribution in [2.24, 2.45) is 16.5 Å². The zero-order valence-electron chi connectivity index (χ0n) is 14.3. The normalized spacial score (nSPS) is 12.3. The van der Waals surface area contributed by atoms with Gasteiger partial charge in [-0.15, -0.1) is 0 Å². The Hall–Kier alpha value is -2.32. The predicted molar refractivity (Wildman–Crippen MR) is 82.5 cm³/mol. The number of aliphatic imine (C=N–C) groups is 1. The van der Waals surface area contributed by atoms with E-state index >= 15 is 0 Å². The summed E-state index contributed by atoms with van der Waals surface area (Å²) in [5.74, 6) is -4.50. The standard InChI is InChI=1S/C14H25N3O6/c1-12(2,3)22-9(20)14(7-8(18)19,17-11(15)16)10(21)23-13(4,5)6/h7H2,1-6H3,(H,18,19)(H4,15,16,17). The van der Waals surface area contributed by atoms with Gasteiger partial charge in [0.05, 0.1) is 6.42 Å². The number of carbonyl (C=O) groups is 3. The van der Waals surface area contributed by atoms with Gasteiger partial charge in [0, 0.05) is 0 Å². The fraction of sp³-hybridized carbons (Fsp3) is 0.714. The van der Waals surface area contributed by atoms with Crippen molar-refractivity contribution in [1.82, 2.24) is 0 Å². The molecule has 0 aliphatic carbocycles. The number of ether oxygens (including phenoxy) is 2. The number of hydrogen-bond donors (Lipinski definition) is 3. The van der Waals surface area contributed by atoms with Crippen LogP contribution < -0.4 is 11.5 Å². The highest BCUT2D eigenvalue weighted by atomic mass is 16.6. The predicted octanol–water partition coefficient (Wildman–Crippen LogP) is 0.157. The van der Waals surface area contributed by atoms with Crippen molar-refractivity contribution in [3.8, 4) is 0 Å². The second-order valence-electron chi connectivity index (χ2n) is 6.97. The Morgan fingerprint density at radius 2 is 1.26 bits per heavy atom. The summed E-state index contributed by atoms with van der Waals surface area (Å²) in [6, 6.07) is 0. The van der Waals surface area contributed by atoms with Gasteiger partial charge >= 0.3 is 17.9 Å². The third-order valence-corrected chi connectivity index (χ3v) is 2.20. The number of guanidine groups is 1. The lowest BCUT2D eigenvalue weighted by molar-refractivity contribution is -0.179. The Balaban J connectivity index is 6.07. The van der Waals surface area contributed by atoms with Crippen LogP contribution in [-0.2, 0) is 23.9 Å². The molecule has 0 fully saturated rings. The average molecular weight is 331 g/mol. The summed E-state index contributed by atoms with van der Waals surface area (Å²) in [7, 11) is 0. The van der Waals surface area contributed by atoms with Crippen LogP contribution in [0.15, 0.2) is 4.99 Å². The van der Waals surface area contributed by atoms with E-state index in [2.05, 4.69) is 4.99 Å². The fourth-order valence-electron chi connectivity index (χ4n) is 1.52. The molecular weight excluding hydrogens is 306 g/mol. The molecule has 9 nitrogen and oxygen atoms in total. The Morgan fingerprint density at radius 1 is 0.913 bits per heavy atom. The van der Waals surface area contributed by atoms with Gasteiger partial charge in [0.25, 0.3) is 5.54 Å². The van der Waals surface area contributed by atoms with Crippen molar-refractivity contribution < 1.29 is 29.0 Å². The van der Waals surface area contributed by atoms with Crippen molar-refractivity contribution in [2.75, 3.05) is 0 Å². The van der Waals surface area contributed by atoms with Gasteiger partial charge in [-0.1, -0.05) is 0 Å². The molecule has 0 amide bonds. The lowest BCUT2D eigenvalue weighted by atomic mass is 9.95. The molecule has 0 aromatic carbocycles. The van der Waals surface area contributed by atoms with E-state index in [1.165, 1.54) is 0 Å².